The molecule has 4 nitrogen and oxygen atoms in total. The Kier molecular flexibility index (Phi) is 7.38. The van der Waals surface area contributed by atoms with Crippen molar-refractivity contribution in [3.63, 3.8) is 0 Å². The Labute approximate surface area is 102 Å². The largest absolute Gasteiger partial charge is 0.476 e. The van der Waals surface area contributed by atoms with Crippen LogP contribution in [0, 0.1) is 5.92 Å². The lowest BCUT2D eigenvalue weighted by atomic mass is 10.1. The van der Waals surface area contributed by atoms with Gasteiger partial charge in [-0.25, -0.2) is 4.98 Å². The predicted molar refractivity (Wildman–Crippen MR) is 63.0 cm³/mol. The average Bonchev–Trinajstić information content (AvgIpc) is 2.69. The molecule has 1 atom stereocenters. The van der Waals surface area contributed by atoms with E-state index in [1.807, 2.05) is 0 Å². The van der Waals surface area contributed by atoms with Crippen molar-refractivity contribution in [1.29, 1.82) is 0 Å². The maximum absolute atomic E-state index is 5.48. The number of rotatable bonds is 3. The molecule has 0 aromatic carbocycles. The van der Waals surface area contributed by atoms with Crippen LogP contribution in [-0.4, -0.2) is 29.7 Å². The molecule has 1 aromatic rings. The highest BCUT2D eigenvalue weighted by Gasteiger charge is 2.14. The van der Waals surface area contributed by atoms with Crippen LogP contribution in [0.5, 0.6) is 5.88 Å². The summed E-state index contributed by atoms with van der Waals surface area (Å²) in [4.78, 5) is 7.96. The summed E-state index contributed by atoms with van der Waals surface area (Å²) in [5.74, 6) is 1.25. The van der Waals surface area contributed by atoms with Gasteiger partial charge in [-0.05, 0) is 13.0 Å². The van der Waals surface area contributed by atoms with E-state index in [-0.39, 0.29) is 24.8 Å². The van der Waals surface area contributed by atoms with E-state index in [4.69, 9.17) is 4.74 Å². The second kappa shape index (κ2) is 7.68. The summed E-state index contributed by atoms with van der Waals surface area (Å²) in [5.41, 5.74) is 0. The smallest absolute Gasteiger partial charge is 0.232 e. The summed E-state index contributed by atoms with van der Waals surface area (Å²) in [7, 11) is 0. The molecule has 1 aromatic heterocycles. The lowest BCUT2D eigenvalue weighted by molar-refractivity contribution is 0.250. The Morgan fingerprint density at radius 3 is 2.87 bits per heavy atom. The number of hydrogen-bond acceptors (Lipinski definition) is 4. The molecule has 1 saturated heterocycles. The predicted octanol–water partition coefficient (Wildman–Crippen LogP) is 1.31. The van der Waals surface area contributed by atoms with Gasteiger partial charge in [-0.3, -0.25) is 4.98 Å². The topological polar surface area (TPSA) is 47.0 Å². The number of nitrogens with zero attached hydrogens (tertiary/aromatic N) is 2. The minimum Gasteiger partial charge on any atom is -0.476 e. The van der Waals surface area contributed by atoms with Crippen molar-refractivity contribution in [3.8, 4) is 5.88 Å². The monoisotopic (exact) mass is 251 g/mol. The summed E-state index contributed by atoms with van der Waals surface area (Å²) in [6.07, 6.45) is 6.12. The number of ether oxygens (including phenoxy) is 1. The fourth-order valence-electron chi connectivity index (χ4n) is 1.42. The van der Waals surface area contributed by atoms with Crippen LogP contribution in [0.3, 0.4) is 0 Å². The van der Waals surface area contributed by atoms with Crippen LogP contribution in [0.15, 0.2) is 18.6 Å². The van der Waals surface area contributed by atoms with E-state index in [9.17, 15) is 0 Å². The molecule has 0 aliphatic carbocycles. The van der Waals surface area contributed by atoms with Gasteiger partial charge in [-0.2, -0.15) is 0 Å². The number of aromatic nitrogens is 2. The molecular formula is C9H15Cl2N3O. The fourth-order valence-corrected chi connectivity index (χ4v) is 1.42. The van der Waals surface area contributed by atoms with Crippen molar-refractivity contribution in [1.82, 2.24) is 15.3 Å². The maximum Gasteiger partial charge on any atom is 0.232 e. The first-order valence-electron chi connectivity index (χ1n) is 4.54. The summed E-state index contributed by atoms with van der Waals surface area (Å²) in [5, 5.41) is 3.29. The Hall–Kier alpha value is -0.580. The van der Waals surface area contributed by atoms with Gasteiger partial charge in [0.1, 0.15) is 0 Å². The lowest BCUT2D eigenvalue weighted by Crippen LogP contribution is -2.15. The molecule has 2 rings (SSSR count). The quantitative estimate of drug-likeness (QED) is 0.881. The standard InChI is InChI=1S/C9H13N3O.2ClH/c1-2-10-5-8(1)7-13-9-6-11-3-4-12-9;;/h3-4,6,8,10H,1-2,5,7H2;2*1H. The lowest BCUT2D eigenvalue weighted by Gasteiger charge is -2.08. The first-order valence-corrected chi connectivity index (χ1v) is 4.54. The molecule has 1 N–H and O–H groups in total. The second-order valence-corrected chi connectivity index (χ2v) is 3.21. The molecule has 15 heavy (non-hydrogen) atoms. The minimum absolute atomic E-state index is 0. The van der Waals surface area contributed by atoms with Crippen molar-refractivity contribution >= 4 is 24.8 Å². The Balaban J connectivity index is 0.000000980. The van der Waals surface area contributed by atoms with Gasteiger partial charge in [0.25, 0.3) is 0 Å². The number of nitrogens with one attached hydrogen (secondary N) is 1. The summed E-state index contributed by atoms with van der Waals surface area (Å²) in [6.45, 7) is 2.90. The van der Waals surface area contributed by atoms with Gasteiger partial charge in [-0.1, -0.05) is 0 Å². The van der Waals surface area contributed by atoms with Crippen LogP contribution in [0.4, 0.5) is 0 Å². The zero-order chi connectivity index (χ0) is 8.93. The SMILES string of the molecule is Cl.Cl.c1cnc(OCC2CCNC2)cn1. The third-order valence-electron chi connectivity index (χ3n) is 2.17. The molecule has 1 unspecified atom stereocenters. The third-order valence-corrected chi connectivity index (χ3v) is 2.17. The fraction of sp³-hybridized carbons (Fsp3) is 0.556. The van der Waals surface area contributed by atoms with E-state index in [0.29, 0.717) is 11.8 Å². The normalized spacial score (nSPS) is 18.8. The highest BCUT2D eigenvalue weighted by atomic mass is 35.5. The number of hydrogen-bond donors (Lipinski definition) is 1. The minimum atomic E-state index is 0. The van der Waals surface area contributed by atoms with Crippen LogP contribution in [-0.2, 0) is 0 Å². The zero-order valence-corrected chi connectivity index (χ0v) is 9.89. The highest BCUT2D eigenvalue weighted by Crippen LogP contribution is 2.09. The van der Waals surface area contributed by atoms with Gasteiger partial charge in [-0.15, -0.1) is 24.8 Å². The van der Waals surface area contributed by atoms with E-state index in [0.717, 1.165) is 19.7 Å². The van der Waals surface area contributed by atoms with Gasteiger partial charge in [0.2, 0.25) is 5.88 Å². The summed E-state index contributed by atoms with van der Waals surface area (Å²) < 4.78 is 5.48. The molecular weight excluding hydrogens is 237 g/mol. The van der Waals surface area contributed by atoms with Crippen LogP contribution in [0.2, 0.25) is 0 Å². The molecule has 1 fully saturated rings. The molecule has 0 radical (unpaired) electrons. The molecule has 0 saturated carbocycles. The molecule has 86 valence electrons. The van der Waals surface area contributed by atoms with E-state index in [1.54, 1.807) is 18.6 Å². The van der Waals surface area contributed by atoms with E-state index >= 15 is 0 Å². The molecule has 6 heteroatoms. The highest BCUT2D eigenvalue weighted by molar-refractivity contribution is 5.85. The Morgan fingerprint density at radius 2 is 2.27 bits per heavy atom. The van der Waals surface area contributed by atoms with Crippen LogP contribution < -0.4 is 10.1 Å². The summed E-state index contributed by atoms with van der Waals surface area (Å²) in [6, 6.07) is 0. The Morgan fingerprint density at radius 1 is 1.40 bits per heavy atom. The molecule has 1 aliphatic rings. The maximum atomic E-state index is 5.48. The molecule has 1 aliphatic heterocycles. The Bertz CT molecular complexity index is 255. The van der Waals surface area contributed by atoms with Crippen molar-refractivity contribution in [2.24, 2.45) is 5.92 Å². The first kappa shape index (κ1) is 14.4. The third kappa shape index (κ3) is 4.64. The van der Waals surface area contributed by atoms with Gasteiger partial charge in [0.05, 0.1) is 12.8 Å². The first-order chi connectivity index (χ1) is 6.45. The number of halogens is 2. The zero-order valence-electron chi connectivity index (χ0n) is 8.26. The second-order valence-electron chi connectivity index (χ2n) is 3.21. The van der Waals surface area contributed by atoms with Crippen molar-refractivity contribution < 1.29 is 4.74 Å². The average molecular weight is 252 g/mol. The molecule has 0 bridgehead atoms. The molecule has 2 heterocycles. The molecule has 0 amide bonds. The van der Waals surface area contributed by atoms with Gasteiger partial charge >= 0.3 is 0 Å². The van der Waals surface area contributed by atoms with E-state index < -0.39 is 0 Å². The van der Waals surface area contributed by atoms with Crippen molar-refractivity contribution in [3.05, 3.63) is 18.6 Å². The van der Waals surface area contributed by atoms with Gasteiger partial charge < -0.3 is 10.1 Å². The van der Waals surface area contributed by atoms with E-state index in [1.165, 1.54) is 6.42 Å². The van der Waals surface area contributed by atoms with Gasteiger partial charge in [0, 0.05) is 24.9 Å². The molecule has 0 spiro atoms. The van der Waals surface area contributed by atoms with Crippen molar-refractivity contribution in [2.75, 3.05) is 19.7 Å². The van der Waals surface area contributed by atoms with Crippen LogP contribution in [0.25, 0.3) is 0 Å². The van der Waals surface area contributed by atoms with E-state index in [2.05, 4.69) is 15.3 Å². The van der Waals surface area contributed by atoms with Gasteiger partial charge in [0.15, 0.2) is 0 Å². The summed E-state index contributed by atoms with van der Waals surface area (Å²) >= 11 is 0. The van der Waals surface area contributed by atoms with Crippen LogP contribution in [0.1, 0.15) is 6.42 Å². The van der Waals surface area contributed by atoms with Crippen molar-refractivity contribution in [2.45, 2.75) is 6.42 Å². The van der Waals surface area contributed by atoms with Crippen LogP contribution >= 0.6 is 24.8 Å².